The Labute approximate surface area is 193 Å². The molecular formula is C24H26N6O2S. The molecule has 2 heterocycles. The first-order valence-corrected chi connectivity index (χ1v) is 12.1. The van der Waals surface area contributed by atoms with E-state index in [-0.39, 0.29) is 4.90 Å². The molecule has 0 bridgehead atoms. The predicted octanol–water partition coefficient (Wildman–Crippen LogP) is 4.69. The van der Waals surface area contributed by atoms with Crippen LogP contribution in [0, 0.1) is 20.8 Å². The summed E-state index contributed by atoms with van der Waals surface area (Å²) in [6, 6.07) is 17.5. The molecule has 33 heavy (non-hydrogen) atoms. The van der Waals surface area contributed by atoms with Crippen LogP contribution in [0.2, 0.25) is 0 Å². The van der Waals surface area contributed by atoms with Crippen LogP contribution in [0.4, 0.5) is 17.2 Å². The molecular weight excluding hydrogens is 436 g/mol. The first kappa shape index (κ1) is 22.5. The van der Waals surface area contributed by atoms with Gasteiger partial charge in [-0.2, -0.15) is 5.10 Å². The zero-order valence-corrected chi connectivity index (χ0v) is 19.8. The van der Waals surface area contributed by atoms with Gasteiger partial charge in [-0.3, -0.25) is 4.72 Å². The fraction of sp³-hybridized carbons (Fsp3) is 0.208. The molecule has 0 aliphatic rings. The van der Waals surface area contributed by atoms with Gasteiger partial charge in [0.15, 0.2) is 11.6 Å². The summed E-state index contributed by atoms with van der Waals surface area (Å²) < 4.78 is 29.6. The molecule has 2 N–H and O–H groups in total. The van der Waals surface area contributed by atoms with E-state index in [4.69, 9.17) is 0 Å². The van der Waals surface area contributed by atoms with Gasteiger partial charge in [-0.25, -0.2) is 13.1 Å². The van der Waals surface area contributed by atoms with E-state index in [0.717, 1.165) is 34.6 Å². The van der Waals surface area contributed by atoms with Crippen LogP contribution in [-0.2, 0) is 16.4 Å². The van der Waals surface area contributed by atoms with E-state index >= 15 is 0 Å². The number of sulfonamides is 1. The molecule has 4 rings (SSSR count). The van der Waals surface area contributed by atoms with Crippen molar-refractivity contribution < 1.29 is 8.42 Å². The smallest absolute Gasteiger partial charge is 0.261 e. The fourth-order valence-corrected chi connectivity index (χ4v) is 4.40. The summed E-state index contributed by atoms with van der Waals surface area (Å²) in [5.74, 6) is 1.22. The molecule has 0 saturated carbocycles. The lowest BCUT2D eigenvalue weighted by Gasteiger charge is -2.10. The molecule has 9 heteroatoms. The molecule has 0 atom stereocenters. The third-order valence-corrected chi connectivity index (χ3v) is 6.97. The standard InChI is InChI=1S/C24H26N6O2S/c1-5-19-6-12-22(13-7-19)33(31,32)29-21-10-8-20(9-11-21)25-23-14-15-24(27-26-23)30-18(4)16(2)17(3)28-30/h6-15,29H,5H2,1-4H3,(H,25,26). The van der Waals surface area contributed by atoms with Crippen LogP contribution in [0.25, 0.3) is 5.82 Å². The van der Waals surface area contributed by atoms with Crippen LogP contribution in [0.15, 0.2) is 65.6 Å². The van der Waals surface area contributed by atoms with Gasteiger partial charge < -0.3 is 5.32 Å². The minimum atomic E-state index is -3.65. The SMILES string of the molecule is CCc1ccc(S(=O)(=O)Nc2ccc(Nc3ccc(-n4nc(C)c(C)c4C)nn3)cc2)cc1. The lowest BCUT2D eigenvalue weighted by atomic mass is 10.2. The lowest BCUT2D eigenvalue weighted by molar-refractivity contribution is 0.601. The largest absolute Gasteiger partial charge is 0.339 e. The van der Waals surface area contributed by atoms with Gasteiger partial charge in [0.2, 0.25) is 0 Å². The molecule has 0 unspecified atom stereocenters. The van der Waals surface area contributed by atoms with Crippen LogP contribution >= 0.6 is 0 Å². The zero-order valence-electron chi connectivity index (χ0n) is 19.0. The van der Waals surface area contributed by atoms with Crippen molar-refractivity contribution in [2.45, 2.75) is 39.0 Å². The minimum absolute atomic E-state index is 0.232. The van der Waals surface area contributed by atoms with Crippen molar-refractivity contribution in [3.63, 3.8) is 0 Å². The summed E-state index contributed by atoms with van der Waals surface area (Å²) in [7, 11) is -3.65. The molecule has 0 spiro atoms. The Kier molecular flexibility index (Phi) is 6.15. The second-order valence-corrected chi connectivity index (χ2v) is 9.47. The topological polar surface area (TPSA) is 102 Å². The normalized spacial score (nSPS) is 11.4. The molecule has 0 amide bonds. The number of hydrogen-bond donors (Lipinski definition) is 2. The Hall–Kier alpha value is -3.72. The van der Waals surface area contributed by atoms with E-state index in [2.05, 4.69) is 25.3 Å². The fourth-order valence-electron chi connectivity index (χ4n) is 3.34. The van der Waals surface area contributed by atoms with Crippen molar-refractivity contribution in [2.75, 3.05) is 10.0 Å². The molecule has 0 aliphatic heterocycles. The molecule has 0 radical (unpaired) electrons. The van der Waals surface area contributed by atoms with E-state index in [0.29, 0.717) is 17.3 Å². The summed E-state index contributed by atoms with van der Waals surface area (Å²) in [4.78, 5) is 0.232. The Morgan fingerprint density at radius 3 is 2.06 bits per heavy atom. The Balaban J connectivity index is 1.43. The summed E-state index contributed by atoms with van der Waals surface area (Å²) in [5, 5.41) is 16.2. The van der Waals surface area contributed by atoms with Gasteiger partial charge >= 0.3 is 0 Å². The van der Waals surface area contributed by atoms with E-state index in [1.54, 1.807) is 41.1 Å². The van der Waals surface area contributed by atoms with Crippen molar-refractivity contribution in [3.8, 4) is 5.82 Å². The second-order valence-electron chi connectivity index (χ2n) is 7.79. The third kappa shape index (κ3) is 4.88. The number of nitrogens with zero attached hydrogens (tertiary/aromatic N) is 4. The van der Waals surface area contributed by atoms with Crippen molar-refractivity contribution in [3.05, 3.63) is 83.2 Å². The first-order chi connectivity index (χ1) is 15.8. The van der Waals surface area contributed by atoms with E-state index in [9.17, 15) is 8.42 Å². The maximum atomic E-state index is 12.6. The highest BCUT2D eigenvalue weighted by atomic mass is 32.2. The highest BCUT2D eigenvalue weighted by molar-refractivity contribution is 7.92. The quantitative estimate of drug-likeness (QED) is 0.413. The summed E-state index contributed by atoms with van der Waals surface area (Å²) in [6.07, 6.45) is 0.859. The first-order valence-electron chi connectivity index (χ1n) is 10.6. The van der Waals surface area contributed by atoms with Gasteiger partial charge in [-0.1, -0.05) is 19.1 Å². The van der Waals surface area contributed by atoms with Gasteiger partial charge in [-0.05, 0) is 86.8 Å². The lowest BCUT2D eigenvalue weighted by Crippen LogP contribution is -2.12. The van der Waals surface area contributed by atoms with Crippen molar-refractivity contribution >= 4 is 27.2 Å². The van der Waals surface area contributed by atoms with Gasteiger partial charge in [0, 0.05) is 17.1 Å². The molecule has 8 nitrogen and oxygen atoms in total. The number of hydrogen-bond acceptors (Lipinski definition) is 6. The molecule has 2 aromatic heterocycles. The number of aromatic nitrogens is 4. The number of nitrogens with one attached hydrogen (secondary N) is 2. The van der Waals surface area contributed by atoms with Crippen LogP contribution < -0.4 is 10.0 Å². The third-order valence-electron chi connectivity index (χ3n) is 5.57. The monoisotopic (exact) mass is 462 g/mol. The Morgan fingerprint density at radius 1 is 0.848 bits per heavy atom. The average Bonchev–Trinajstić information content (AvgIpc) is 3.08. The highest BCUT2D eigenvalue weighted by Gasteiger charge is 2.14. The average molecular weight is 463 g/mol. The number of anilines is 3. The second kappa shape index (κ2) is 9.03. The zero-order chi connectivity index (χ0) is 23.6. The molecule has 0 saturated heterocycles. The Bertz CT molecular complexity index is 1360. The van der Waals surface area contributed by atoms with E-state index in [1.165, 1.54) is 0 Å². The van der Waals surface area contributed by atoms with Gasteiger partial charge in [0.05, 0.1) is 10.6 Å². The van der Waals surface area contributed by atoms with Crippen LogP contribution in [0.3, 0.4) is 0 Å². The predicted molar refractivity (Wildman–Crippen MR) is 130 cm³/mol. The minimum Gasteiger partial charge on any atom is -0.339 e. The molecule has 0 fully saturated rings. The maximum Gasteiger partial charge on any atom is 0.261 e. The number of benzene rings is 2. The van der Waals surface area contributed by atoms with Crippen LogP contribution in [-0.4, -0.2) is 28.4 Å². The van der Waals surface area contributed by atoms with Crippen molar-refractivity contribution in [1.29, 1.82) is 0 Å². The molecule has 170 valence electrons. The van der Waals surface area contributed by atoms with Gasteiger partial charge in [0.25, 0.3) is 10.0 Å². The number of rotatable bonds is 7. The van der Waals surface area contributed by atoms with Gasteiger partial charge in [-0.15, -0.1) is 10.2 Å². The van der Waals surface area contributed by atoms with E-state index < -0.39 is 10.0 Å². The summed E-state index contributed by atoms with van der Waals surface area (Å²) >= 11 is 0. The van der Waals surface area contributed by atoms with Crippen molar-refractivity contribution in [2.24, 2.45) is 0 Å². The highest BCUT2D eigenvalue weighted by Crippen LogP contribution is 2.21. The van der Waals surface area contributed by atoms with Crippen LogP contribution in [0.5, 0.6) is 0 Å². The summed E-state index contributed by atoms with van der Waals surface area (Å²) in [6.45, 7) is 8.02. The summed E-state index contributed by atoms with van der Waals surface area (Å²) in [5.41, 5.74) is 5.45. The van der Waals surface area contributed by atoms with Crippen LogP contribution in [0.1, 0.15) is 29.4 Å². The molecule has 0 aliphatic carbocycles. The molecule has 4 aromatic rings. The van der Waals surface area contributed by atoms with Crippen molar-refractivity contribution in [1.82, 2.24) is 20.0 Å². The van der Waals surface area contributed by atoms with Gasteiger partial charge in [0.1, 0.15) is 0 Å². The van der Waals surface area contributed by atoms with E-state index in [1.807, 2.05) is 52.0 Å². The maximum absolute atomic E-state index is 12.6. The Morgan fingerprint density at radius 2 is 1.52 bits per heavy atom. The molecule has 2 aromatic carbocycles. The number of aryl methyl sites for hydroxylation is 2.